The summed E-state index contributed by atoms with van der Waals surface area (Å²) in [5.41, 5.74) is 11.3. The first-order valence-electron chi connectivity index (χ1n) is 6.84. The predicted molar refractivity (Wildman–Crippen MR) is 80.8 cm³/mol. The number of hydrogen-bond acceptors (Lipinski definition) is 4. The topological polar surface area (TPSA) is 96.0 Å². The monoisotopic (exact) mass is 276 g/mol. The Morgan fingerprint density at radius 3 is 2.50 bits per heavy atom. The van der Waals surface area contributed by atoms with Crippen LogP contribution in [-0.4, -0.2) is 15.9 Å². The Morgan fingerprint density at radius 2 is 1.85 bits per heavy atom. The summed E-state index contributed by atoms with van der Waals surface area (Å²) in [4.78, 5) is 25.0. The molecule has 0 saturated carbocycles. The highest BCUT2D eigenvalue weighted by atomic mass is 16.2. The summed E-state index contributed by atoms with van der Waals surface area (Å²) < 4.78 is 2.96. The first kappa shape index (κ1) is 14.3. The molecule has 0 aliphatic rings. The number of aromatic nitrogens is 2. The molecule has 0 fully saturated rings. The largest absolute Gasteiger partial charge is 0.398 e. The summed E-state index contributed by atoms with van der Waals surface area (Å²) in [5, 5.41) is 0.696. The van der Waals surface area contributed by atoms with Gasteiger partial charge in [0.1, 0.15) is 0 Å². The SMILES string of the molecule is CCn1c(=O)c2cccc(N)c2c(=O)n1CCCCN. The lowest BCUT2D eigenvalue weighted by Gasteiger charge is -2.15. The van der Waals surface area contributed by atoms with E-state index >= 15 is 0 Å². The summed E-state index contributed by atoms with van der Waals surface area (Å²) in [5.74, 6) is 0. The summed E-state index contributed by atoms with van der Waals surface area (Å²) in [7, 11) is 0. The van der Waals surface area contributed by atoms with Crippen molar-refractivity contribution in [1.29, 1.82) is 0 Å². The fourth-order valence-corrected chi connectivity index (χ4v) is 2.42. The Labute approximate surface area is 116 Å². The fourth-order valence-electron chi connectivity index (χ4n) is 2.42. The molecule has 0 radical (unpaired) electrons. The number of nitrogens with two attached hydrogens (primary N) is 2. The highest BCUT2D eigenvalue weighted by molar-refractivity contribution is 5.91. The van der Waals surface area contributed by atoms with E-state index < -0.39 is 0 Å². The lowest BCUT2D eigenvalue weighted by molar-refractivity contribution is 0.418. The van der Waals surface area contributed by atoms with Crippen molar-refractivity contribution in [3.8, 4) is 0 Å². The Balaban J connectivity index is 2.73. The molecule has 0 atom stereocenters. The van der Waals surface area contributed by atoms with Crippen LogP contribution in [0.1, 0.15) is 19.8 Å². The van der Waals surface area contributed by atoms with Crippen LogP contribution >= 0.6 is 0 Å². The van der Waals surface area contributed by atoms with E-state index in [9.17, 15) is 9.59 Å². The molecule has 2 aromatic rings. The zero-order chi connectivity index (χ0) is 14.7. The van der Waals surface area contributed by atoms with Gasteiger partial charge in [0, 0.05) is 18.8 Å². The third-order valence-corrected chi connectivity index (χ3v) is 3.42. The van der Waals surface area contributed by atoms with Gasteiger partial charge >= 0.3 is 0 Å². The minimum atomic E-state index is -0.212. The zero-order valence-electron chi connectivity index (χ0n) is 11.6. The standard InChI is InChI=1S/C14H20N4O2/c1-2-17-13(19)10-6-5-7-11(16)12(10)14(20)18(17)9-4-3-8-15/h5-7H,2-4,8-9,15-16H2,1H3. The van der Waals surface area contributed by atoms with Gasteiger partial charge in [0.25, 0.3) is 11.1 Å². The van der Waals surface area contributed by atoms with Crippen LogP contribution in [0.5, 0.6) is 0 Å². The molecule has 4 N–H and O–H groups in total. The molecule has 0 aliphatic heterocycles. The Bertz CT molecular complexity index is 730. The lowest BCUT2D eigenvalue weighted by atomic mass is 10.1. The van der Waals surface area contributed by atoms with Crippen LogP contribution in [0.2, 0.25) is 0 Å². The highest BCUT2D eigenvalue weighted by Crippen LogP contribution is 2.13. The quantitative estimate of drug-likeness (QED) is 0.614. The average Bonchev–Trinajstić information content (AvgIpc) is 2.44. The normalized spacial score (nSPS) is 11.1. The molecule has 0 spiro atoms. The summed E-state index contributed by atoms with van der Waals surface area (Å²) in [6.45, 7) is 3.34. The molecule has 6 nitrogen and oxygen atoms in total. The molecule has 108 valence electrons. The maximum Gasteiger partial charge on any atom is 0.275 e. The number of rotatable bonds is 5. The number of anilines is 1. The van der Waals surface area contributed by atoms with E-state index in [2.05, 4.69) is 0 Å². The second-order valence-corrected chi connectivity index (χ2v) is 4.71. The highest BCUT2D eigenvalue weighted by Gasteiger charge is 2.13. The van der Waals surface area contributed by atoms with Crippen molar-refractivity contribution < 1.29 is 0 Å². The number of nitrogens with zero attached hydrogens (tertiary/aromatic N) is 2. The second-order valence-electron chi connectivity index (χ2n) is 4.71. The van der Waals surface area contributed by atoms with Crippen molar-refractivity contribution in [2.45, 2.75) is 32.9 Å². The van der Waals surface area contributed by atoms with Gasteiger partial charge in [-0.2, -0.15) is 0 Å². The van der Waals surface area contributed by atoms with Gasteiger partial charge in [0.05, 0.1) is 10.8 Å². The minimum absolute atomic E-state index is 0.179. The van der Waals surface area contributed by atoms with Crippen LogP contribution in [0.3, 0.4) is 0 Å². The van der Waals surface area contributed by atoms with Crippen molar-refractivity contribution in [2.75, 3.05) is 12.3 Å². The number of hydrogen-bond donors (Lipinski definition) is 2. The van der Waals surface area contributed by atoms with Crippen molar-refractivity contribution >= 4 is 16.5 Å². The summed E-state index contributed by atoms with van der Waals surface area (Å²) in [6, 6.07) is 4.98. The van der Waals surface area contributed by atoms with Crippen molar-refractivity contribution in [2.24, 2.45) is 5.73 Å². The fraction of sp³-hybridized carbons (Fsp3) is 0.429. The van der Waals surface area contributed by atoms with Gasteiger partial charge in [0.2, 0.25) is 0 Å². The van der Waals surface area contributed by atoms with E-state index in [-0.39, 0.29) is 11.1 Å². The van der Waals surface area contributed by atoms with Crippen molar-refractivity contribution in [1.82, 2.24) is 9.36 Å². The molecule has 0 amide bonds. The number of benzene rings is 1. The second kappa shape index (κ2) is 5.92. The van der Waals surface area contributed by atoms with Crippen LogP contribution < -0.4 is 22.6 Å². The van der Waals surface area contributed by atoms with Gasteiger partial charge in [0.15, 0.2) is 0 Å². The lowest BCUT2D eigenvalue weighted by Crippen LogP contribution is -2.38. The molecule has 2 rings (SSSR count). The van der Waals surface area contributed by atoms with Gasteiger partial charge < -0.3 is 11.5 Å². The van der Waals surface area contributed by atoms with Gasteiger partial charge in [-0.1, -0.05) is 6.07 Å². The third kappa shape index (κ3) is 2.34. The molecular formula is C14H20N4O2. The van der Waals surface area contributed by atoms with E-state index in [0.29, 0.717) is 36.1 Å². The molecule has 1 aromatic heterocycles. The molecule has 0 saturated heterocycles. The third-order valence-electron chi connectivity index (χ3n) is 3.42. The molecular weight excluding hydrogens is 256 g/mol. The number of fused-ring (bicyclic) bond motifs is 1. The summed E-state index contributed by atoms with van der Waals surface area (Å²) in [6.07, 6.45) is 1.57. The molecule has 0 unspecified atom stereocenters. The van der Waals surface area contributed by atoms with Crippen molar-refractivity contribution in [3.63, 3.8) is 0 Å². The Hall–Kier alpha value is -2.08. The smallest absolute Gasteiger partial charge is 0.275 e. The van der Waals surface area contributed by atoms with E-state index in [1.165, 1.54) is 9.36 Å². The molecule has 0 aliphatic carbocycles. The summed E-state index contributed by atoms with van der Waals surface area (Å²) >= 11 is 0. The molecule has 6 heteroatoms. The van der Waals surface area contributed by atoms with Crippen LogP contribution in [0.15, 0.2) is 27.8 Å². The Morgan fingerprint density at radius 1 is 1.10 bits per heavy atom. The molecule has 1 aromatic carbocycles. The van der Waals surface area contributed by atoms with E-state index in [0.717, 1.165) is 12.8 Å². The van der Waals surface area contributed by atoms with Crippen molar-refractivity contribution in [3.05, 3.63) is 38.9 Å². The number of nitrogen functional groups attached to an aromatic ring is 1. The predicted octanol–water partition coefficient (Wildman–Crippen LogP) is 0.504. The van der Waals surface area contributed by atoms with E-state index in [4.69, 9.17) is 11.5 Å². The molecule has 1 heterocycles. The van der Waals surface area contributed by atoms with Gasteiger partial charge in [-0.05, 0) is 38.4 Å². The van der Waals surface area contributed by atoms with Crippen LogP contribution in [0.4, 0.5) is 5.69 Å². The van der Waals surface area contributed by atoms with Gasteiger partial charge in [-0.3, -0.25) is 9.59 Å². The average molecular weight is 276 g/mol. The first-order chi connectivity index (χ1) is 9.61. The van der Waals surface area contributed by atoms with Gasteiger partial charge in [-0.15, -0.1) is 0 Å². The Kier molecular flexibility index (Phi) is 4.24. The minimum Gasteiger partial charge on any atom is -0.398 e. The zero-order valence-corrected chi connectivity index (χ0v) is 11.6. The van der Waals surface area contributed by atoms with Crippen LogP contribution in [-0.2, 0) is 13.1 Å². The van der Waals surface area contributed by atoms with Crippen LogP contribution in [0, 0.1) is 0 Å². The van der Waals surface area contributed by atoms with Gasteiger partial charge in [-0.25, -0.2) is 9.36 Å². The van der Waals surface area contributed by atoms with E-state index in [1.807, 2.05) is 6.92 Å². The first-order valence-corrected chi connectivity index (χ1v) is 6.84. The number of unbranched alkanes of at least 4 members (excludes halogenated alkanes) is 1. The van der Waals surface area contributed by atoms with E-state index in [1.54, 1.807) is 18.2 Å². The molecule has 0 bridgehead atoms. The maximum atomic E-state index is 12.6. The molecule has 20 heavy (non-hydrogen) atoms. The maximum absolute atomic E-state index is 12.6. The van der Waals surface area contributed by atoms with Crippen LogP contribution in [0.25, 0.3) is 10.8 Å².